The van der Waals surface area contributed by atoms with Crippen LogP contribution in [0.2, 0.25) is 0 Å². The number of unbranched alkanes of at least 4 members (excludes halogenated alkanes) is 1. The van der Waals surface area contributed by atoms with Crippen LogP contribution in [-0.2, 0) is 52.0 Å². The molecule has 0 atom stereocenters. The summed E-state index contributed by atoms with van der Waals surface area (Å²) in [7, 11) is -0.382. The van der Waals surface area contributed by atoms with Gasteiger partial charge in [0.1, 0.15) is 5.75 Å². The zero-order valence-corrected chi connectivity index (χ0v) is 30.6. The van der Waals surface area contributed by atoms with Crippen molar-refractivity contribution in [3.8, 4) is 5.75 Å². The molecule has 1 aromatic rings. The highest BCUT2D eigenvalue weighted by molar-refractivity contribution is 6.62. The Hall–Kier alpha value is -1.85. The number of nitrogens with one attached hydrogen (secondary N) is 1. The number of benzene rings is 1. The Morgan fingerprint density at radius 2 is 1.00 bits per heavy atom. The number of hydrogen-bond donors (Lipinski definition) is 1. The second-order valence-corrected chi connectivity index (χ2v) is 12.3. The topological polar surface area (TPSA) is 131 Å². The number of amides is 1. The van der Waals surface area contributed by atoms with E-state index in [1.54, 1.807) is 0 Å². The molecule has 0 saturated carbocycles. The molecule has 0 radical (unpaired) electrons. The zero-order chi connectivity index (χ0) is 35.5. The summed E-state index contributed by atoms with van der Waals surface area (Å²) in [5, 5.41) is 2.92. The molecule has 2 rings (SSSR count). The van der Waals surface area contributed by atoms with Crippen LogP contribution in [0.5, 0.6) is 5.75 Å². The van der Waals surface area contributed by atoms with Gasteiger partial charge < -0.3 is 57.3 Å². The van der Waals surface area contributed by atoms with Crippen molar-refractivity contribution in [2.24, 2.45) is 0 Å². The van der Waals surface area contributed by atoms with Crippen molar-refractivity contribution >= 4 is 18.5 Å². The number of carbonyl (C=O) groups excluding carboxylic acids is 1. The minimum atomic E-state index is -0.382. The van der Waals surface area contributed by atoms with Gasteiger partial charge in [0.2, 0.25) is 5.91 Å². The van der Waals surface area contributed by atoms with Gasteiger partial charge in [0.05, 0.1) is 117 Å². The number of ether oxygens (including phenoxy) is 9. The molecule has 0 unspecified atom stereocenters. The van der Waals surface area contributed by atoms with Gasteiger partial charge in [-0.05, 0) is 65.1 Å². The second kappa shape index (κ2) is 26.9. The average Bonchev–Trinajstić information content (AvgIpc) is 3.30. The largest absolute Gasteiger partial charge is 0.494 e. The Morgan fingerprint density at radius 1 is 0.592 bits per heavy atom. The highest BCUT2D eigenvalue weighted by Gasteiger charge is 2.51. The lowest BCUT2D eigenvalue weighted by Gasteiger charge is -2.32. The van der Waals surface area contributed by atoms with Crippen LogP contribution in [0.25, 0.3) is 0 Å². The monoisotopic (exact) mass is 699 g/mol. The van der Waals surface area contributed by atoms with E-state index in [1.165, 1.54) is 0 Å². The molecule has 49 heavy (non-hydrogen) atoms. The summed E-state index contributed by atoms with van der Waals surface area (Å²) in [4.78, 5) is 12.0. The summed E-state index contributed by atoms with van der Waals surface area (Å²) in [5.74, 6) is 0.771. The van der Waals surface area contributed by atoms with Crippen molar-refractivity contribution < 1.29 is 56.7 Å². The van der Waals surface area contributed by atoms with Crippen molar-refractivity contribution in [2.75, 3.05) is 119 Å². The van der Waals surface area contributed by atoms with Crippen LogP contribution in [0.15, 0.2) is 24.3 Å². The number of hydrogen-bond acceptors (Lipinski definition) is 12. The standard InChI is InChI=1S/C35H62BNO12/c1-6-39-17-18-41-21-22-43-25-26-45-29-30-46-28-27-44-24-23-42-20-19-40-16-13-33(38)37-14-7-8-15-47-32-11-9-31(10-12-32)36-48-34(2,3)35(4,5)49-36/h9-12H,6-8,13-30H2,1-5H3,(H,37,38). The number of rotatable bonds is 32. The van der Waals surface area contributed by atoms with Crippen molar-refractivity contribution in [1.29, 1.82) is 0 Å². The van der Waals surface area contributed by atoms with E-state index in [2.05, 4.69) is 5.32 Å². The molecule has 1 heterocycles. The third-order valence-corrected chi connectivity index (χ3v) is 7.85. The lowest BCUT2D eigenvalue weighted by atomic mass is 9.79. The molecule has 14 heteroatoms. The Labute approximate surface area is 294 Å². The summed E-state index contributed by atoms with van der Waals surface area (Å²) in [6.07, 6.45) is 1.99. The summed E-state index contributed by atoms with van der Waals surface area (Å²) in [6.45, 7) is 19.6. The second-order valence-electron chi connectivity index (χ2n) is 12.3. The molecule has 0 aliphatic carbocycles. The maximum atomic E-state index is 12.0. The zero-order valence-electron chi connectivity index (χ0n) is 30.6. The molecule has 13 nitrogen and oxygen atoms in total. The van der Waals surface area contributed by atoms with Gasteiger partial charge in [-0.15, -0.1) is 0 Å². The third kappa shape index (κ3) is 20.6. The highest BCUT2D eigenvalue weighted by atomic mass is 16.7. The highest BCUT2D eigenvalue weighted by Crippen LogP contribution is 2.36. The molecular weight excluding hydrogens is 637 g/mol. The van der Waals surface area contributed by atoms with Gasteiger partial charge in [-0.25, -0.2) is 0 Å². The first kappa shape index (κ1) is 43.3. The molecule has 1 aromatic carbocycles. The normalized spacial score (nSPS) is 15.2. The van der Waals surface area contributed by atoms with E-state index in [4.69, 9.17) is 51.9 Å². The molecule has 1 aliphatic heterocycles. The molecule has 1 aliphatic rings. The van der Waals surface area contributed by atoms with Gasteiger partial charge >= 0.3 is 7.12 Å². The smallest absolute Gasteiger partial charge is 0.494 e. The van der Waals surface area contributed by atoms with Crippen molar-refractivity contribution in [3.05, 3.63) is 24.3 Å². The fraction of sp³-hybridized carbons (Fsp3) is 0.800. The maximum absolute atomic E-state index is 12.0. The first-order valence-electron chi connectivity index (χ1n) is 17.7. The Morgan fingerprint density at radius 3 is 1.43 bits per heavy atom. The Kier molecular flexibility index (Phi) is 23.8. The van der Waals surface area contributed by atoms with Gasteiger partial charge in [0, 0.05) is 19.6 Å². The van der Waals surface area contributed by atoms with Gasteiger partial charge in [-0.3, -0.25) is 4.79 Å². The molecule has 1 saturated heterocycles. The van der Waals surface area contributed by atoms with Crippen molar-refractivity contribution in [3.63, 3.8) is 0 Å². The lowest BCUT2D eigenvalue weighted by molar-refractivity contribution is -0.122. The minimum absolute atomic E-state index is 0.0257. The lowest BCUT2D eigenvalue weighted by Crippen LogP contribution is -2.41. The Balaban J connectivity index is 1.26. The molecule has 1 fully saturated rings. The van der Waals surface area contributed by atoms with Crippen LogP contribution in [0.4, 0.5) is 0 Å². The molecule has 0 bridgehead atoms. The number of carbonyl (C=O) groups is 1. The van der Waals surface area contributed by atoms with E-state index in [1.807, 2.05) is 58.9 Å². The first-order chi connectivity index (χ1) is 23.7. The minimum Gasteiger partial charge on any atom is -0.494 e. The predicted octanol–water partition coefficient (Wildman–Crippen LogP) is 2.80. The average molecular weight is 700 g/mol. The van der Waals surface area contributed by atoms with E-state index in [0.29, 0.717) is 125 Å². The third-order valence-electron chi connectivity index (χ3n) is 7.85. The van der Waals surface area contributed by atoms with Gasteiger partial charge in [0.15, 0.2) is 0 Å². The fourth-order valence-electron chi connectivity index (χ4n) is 4.28. The van der Waals surface area contributed by atoms with E-state index in [0.717, 1.165) is 24.1 Å². The SMILES string of the molecule is CCOCCOCCOCCOCCOCCOCCOCCOCCC(=O)NCCCCOc1ccc(B2OC(C)(C)C(C)(C)O2)cc1. The maximum Gasteiger partial charge on any atom is 0.494 e. The summed E-state index contributed by atoms with van der Waals surface area (Å²) in [5.41, 5.74) is 0.236. The van der Waals surface area contributed by atoms with Crippen LogP contribution in [0.3, 0.4) is 0 Å². The van der Waals surface area contributed by atoms with Gasteiger partial charge in [-0.1, -0.05) is 12.1 Å². The first-order valence-corrected chi connectivity index (χ1v) is 17.7. The van der Waals surface area contributed by atoms with Gasteiger partial charge in [0.25, 0.3) is 0 Å². The van der Waals surface area contributed by atoms with Crippen LogP contribution >= 0.6 is 0 Å². The van der Waals surface area contributed by atoms with Gasteiger partial charge in [-0.2, -0.15) is 0 Å². The van der Waals surface area contributed by atoms with E-state index in [-0.39, 0.29) is 24.2 Å². The van der Waals surface area contributed by atoms with E-state index in [9.17, 15) is 4.79 Å². The van der Waals surface area contributed by atoms with Crippen LogP contribution in [-0.4, -0.2) is 143 Å². The summed E-state index contributed by atoms with van der Waals surface area (Å²) < 4.78 is 61.4. The molecule has 282 valence electrons. The van der Waals surface area contributed by atoms with Crippen molar-refractivity contribution in [2.45, 2.75) is 65.1 Å². The molecule has 0 aromatic heterocycles. The molecular formula is C35H62BNO12. The molecule has 0 spiro atoms. The summed E-state index contributed by atoms with van der Waals surface area (Å²) >= 11 is 0. The fourth-order valence-corrected chi connectivity index (χ4v) is 4.28. The van der Waals surface area contributed by atoms with Crippen molar-refractivity contribution in [1.82, 2.24) is 5.32 Å². The quantitative estimate of drug-likeness (QED) is 0.0877. The molecule has 1 N–H and O–H groups in total. The van der Waals surface area contributed by atoms with E-state index < -0.39 is 0 Å². The van der Waals surface area contributed by atoms with Crippen LogP contribution < -0.4 is 15.5 Å². The Bertz CT molecular complexity index is 937. The van der Waals surface area contributed by atoms with Crippen LogP contribution in [0.1, 0.15) is 53.9 Å². The summed E-state index contributed by atoms with van der Waals surface area (Å²) in [6, 6.07) is 7.82. The molecule has 1 amide bonds. The predicted molar refractivity (Wildman–Crippen MR) is 187 cm³/mol. The van der Waals surface area contributed by atoms with E-state index >= 15 is 0 Å². The van der Waals surface area contributed by atoms with Crippen LogP contribution in [0, 0.1) is 0 Å².